The molecule has 86 valence electrons. The molecule has 1 N–H and O–H groups in total. The first kappa shape index (κ1) is 10.9. The fraction of sp³-hybridized carbons (Fsp3) is 0.909. The maximum absolute atomic E-state index is 10.4. The van der Waals surface area contributed by atoms with Crippen LogP contribution in [0.2, 0.25) is 0 Å². The lowest BCUT2D eigenvalue weighted by Crippen LogP contribution is -2.72. The Morgan fingerprint density at radius 3 is 2.40 bits per heavy atom. The second kappa shape index (κ2) is 3.76. The number of carboxylic acid groups (broad SMARTS) is 1. The largest absolute Gasteiger partial charge is 0.481 e. The second-order valence-electron chi connectivity index (χ2n) is 5.35. The van der Waals surface area contributed by atoms with Crippen LogP contribution in [-0.4, -0.2) is 59.6 Å². The third-order valence-corrected chi connectivity index (χ3v) is 3.57. The van der Waals surface area contributed by atoms with Crippen LogP contribution in [0.5, 0.6) is 0 Å². The molecule has 2 aliphatic rings. The van der Waals surface area contributed by atoms with Crippen LogP contribution in [0.3, 0.4) is 0 Å². The summed E-state index contributed by atoms with van der Waals surface area (Å²) in [5.41, 5.74) is 0.517. The molecule has 0 saturated carbocycles. The van der Waals surface area contributed by atoms with E-state index in [1.807, 2.05) is 0 Å². The third kappa shape index (κ3) is 2.16. The van der Waals surface area contributed by atoms with Crippen LogP contribution >= 0.6 is 0 Å². The number of rotatable bonds is 4. The van der Waals surface area contributed by atoms with Gasteiger partial charge in [-0.1, -0.05) is 0 Å². The van der Waals surface area contributed by atoms with Gasteiger partial charge in [0.2, 0.25) is 0 Å². The lowest BCUT2D eigenvalue weighted by atomic mass is 9.72. The van der Waals surface area contributed by atoms with E-state index in [4.69, 9.17) is 5.11 Å². The van der Waals surface area contributed by atoms with Gasteiger partial charge >= 0.3 is 5.97 Å². The molecule has 0 radical (unpaired) electrons. The number of hydrogen-bond acceptors (Lipinski definition) is 3. The Labute approximate surface area is 90.9 Å². The number of carbonyl (C=O) groups is 1. The predicted molar refractivity (Wildman–Crippen MR) is 57.8 cm³/mol. The van der Waals surface area contributed by atoms with E-state index in [1.165, 1.54) is 13.1 Å². The van der Waals surface area contributed by atoms with Gasteiger partial charge in [-0.2, -0.15) is 0 Å². The number of hydrogen-bond donors (Lipinski definition) is 1. The van der Waals surface area contributed by atoms with Crippen molar-refractivity contribution in [2.24, 2.45) is 5.41 Å². The lowest BCUT2D eigenvalue weighted by Gasteiger charge is -2.61. The molecule has 4 heteroatoms. The van der Waals surface area contributed by atoms with E-state index in [2.05, 4.69) is 23.6 Å². The highest BCUT2D eigenvalue weighted by molar-refractivity contribution is 5.66. The number of aliphatic carboxylic acids is 1. The summed E-state index contributed by atoms with van der Waals surface area (Å²) in [6, 6.07) is 0.656. The minimum Gasteiger partial charge on any atom is -0.481 e. The molecule has 0 amide bonds. The molecule has 0 aromatic heterocycles. The van der Waals surface area contributed by atoms with E-state index in [1.54, 1.807) is 0 Å². The molecule has 0 aliphatic carbocycles. The number of carboxylic acids is 1. The van der Waals surface area contributed by atoms with Gasteiger partial charge in [0, 0.05) is 44.2 Å². The van der Waals surface area contributed by atoms with Crippen molar-refractivity contribution in [1.29, 1.82) is 0 Å². The summed E-state index contributed by atoms with van der Waals surface area (Å²) in [7, 11) is 0. The van der Waals surface area contributed by atoms with Gasteiger partial charge in [-0.25, -0.2) is 0 Å². The fourth-order valence-electron chi connectivity index (χ4n) is 2.69. The summed E-state index contributed by atoms with van der Waals surface area (Å²) >= 11 is 0. The summed E-state index contributed by atoms with van der Waals surface area (Å²) in [6.45, 7) is 9.79. The average Bonchev–Trinajstić information content (AvgIpc) is 1.96. The van der Waals surface area contributed by atoms with E-state index < -0.39 is 5.97 Å². The first-order valence-electron chi connectivity index (χ1n) is 5.69. The molecule has 2 saturated heterocycles. The molecule has 0 unspecified atom stereocenters. The normalized spacial score (nSPS) is 25.3. The molecule has 0 aromatic rings. The van der Waals surface area contributed by atoms with Crippen molar-refractivity contribution in [2.75, 3.05) is 32.7 Å². The van der Waals surface area contributed by atoms with Gasteiger partial charge in [-0.3, -0.25) is 9.69 Å². The monoisotopic (exact) mass is 212 g/mol. The highest BCUT2D eigenvalue weighted by Gasteiger charge is 2.51. The van der Waals surface area contributed by atoms with Crippen LogP contribution < -0.4 is 0 Å². The summed E-state index contributed by atoms with van der Waals surface area (Å²) in [4.78, 5) is 15.1. The molecular weight excluding hydrogens is 192 g/mol. The Balaban J connectivity index is 1.65. The van der Waals surface area contributed by atoms with Crippen LogP contribution in [0.25, 0.3) is 0 Å². The van der Waals surface area contributed by atoms with Gasteiger partial charge < -0.3 is 10.0 Å². The number of nitrogens with zero attached hydrogens (tertiary/aromatic N) is 2. The minimum atomic E-state index is -0.687. The third-order valence-electron chi connectivity index (χ3n) is 3.57. The predicted octanol–water partition coefficient (Wildman–Crippen LogP) is 0.487. The summed E-state index contributed by atoms with van der Waals surface area (Å²) in [5, 5.41) is 8.56. The summed E-state index contributed by atoms with van der Waals surface area (Å²) < 4.78 is 0. The van der Waals surface area contributed by atoms with E-state index in [0.29, 0.717) is 11.5 Å². The highest BCUT2D eigenvalue weighted by Crippen LogP contribution is 2.40. The summed E-state index contributed by atoms with van der Waals surface area (Å²) in [6.07, 6.45) is 0.282. The zero-order chi connectivity index (χ0) is 11.1. The van der Waals surface area contributed by atoms with Gasteiger partial charge in [0.1, 0.15) is 0 Å². The molecule has 4 nitrogen and oxygen atoms in total. The van der Waals surface area contributed by atoms with E-state index >= 15 is 0 Å². The van der Waals surface area contributed by atoms with Gasteiger partial charge in [-0.05, 0) is 13.8 Å². The van der Waals surface area contributed by atoms with E-state index in [0.717, 1.165) is 19.6 Å². The zero-order valence-corrected chi connectivity index (χ0v) is 9.57. The summed E-state index contributed by atoms with van der Waals surface area (Å²) in [5.74, 6) is -0.687. The van der Waals surface area contributed by atoms with Gasteiger partial charge in [0.25, 0.3) is 0 Å². The molecule has 15 heavy (non-hydrogen) atoms. The van der Waals surface area contributed by atoms with Crippen molar-refractivity contribution >= 4 is 5.97 Å². The molecule has 0 atom stereocenters. The Morgan fingerprint density at radius 1 is 1.33 bits per heavy atom. The van der Waals surface area contributed by atoms with E-state index in [-0.39, 0.29) is 6.42 Å². The molecule has 0 aromatic carbocycles. The van der Waals surface area contributed by atoms with Crippen molar-refractivity contribution in [3.8, 4) is 0 Å². The molecular formula is C11H20N2O2. The lowest BCUT2D eigenvalue weighted by molar-refractivity contribution is -0.143. The van der Waals surface area contributed by atoms with Crippen molar-refractivity contribution in [3.05, 3.63) is 0 Å². The second-order valence-corrected chi connectivity index (χ2v) is 5.35. The van der Waals surface area contributed by atoms with Gasteiger partial charge in [-0.15, -0.1) is 0 Å². The Kier molecular flexibility index (Phi) is 2.73. The van der Waals surface area contributed by atoms with Crippen molar-refractivity contribution < 1.29 is 9.90 Å². The maximum atomic E-state index is 10.4. The highest BCUT2D eigenvalue weighted by atomic mass is 16.4. The standard InChI is InChI=1S/C11H20N2O2/c1-9(2)13-7-11(8-13)5-12(6-11)4-3-10(14)15/h9H,3-8H2,1-2H3,(H,14,15). The molecule has 2 fully saturated rings. The van der Waals surface area contributed by atoms with Crippen LogP contribution in [-0.2, 0) is 4.79 Å². The first-order valence-corrected chi connectivity index (χ1v) is 5.69. The Morgan fingerprint density at radius 2 is 1.93 bits per heavy atom. The minimum absolute atomic E-state index is 0.282. The van der Waals surface area contributed by atoms with Gasteiger partial charge in [0.05, 0.1) is 6.42 Å². The topological polar surface area (TPSA) is 43.8 Å². The smallest absolute Gasteiger partial charge is 0.304 e. The quantitative estimate of drug-likeness (QED) is 0.736. The van der Waals surface area contributed by atoms with Crippen LogP contribution in [0, 0.1) is 5.41 Å². The van der Waals surface area contributed by atoms with Gasteiger partial charge in [0.15, 0.2) is 0 Å². The zero-order valence-electron chi connectivity index (χ0n) is 9.57. The molecule has 2 rings (SSSR count). The SMILES string of the molecule is CC(C)N1CC2(CN(CCC(=O)O)C2)C1. The Hall–Kier alpha value is -0.610. The van der Waals surface area contributed by atoms with Crippen LogP contribution in [0.1, 0.15) is 20.3 Å². The van der Waals surface area contributed by atoms with Crippen molar-refractivity contribution in [3.63, 3.8) is 0 Å². The van der Waals surface area contributed by atoms with Crippen molar-refractivity contribution in [2.45, 2.75) is 26.3 Å². The van der Waals surface area contributed by atoms with Crippen molar-refractivity contribution in [1.82, 2.24) is 9.80 Å². The van der Waals surface area contributed by atoms with Crippen LogP contribution in [0.15, 0.2) is 0 Å². The Bertz CT molecular complexity index is 251. The van der Waals surface area contributed by atoms with E-state index in [9.17, 15) is 4.79 Å². The molecule has 1 spiro atoms. The first-order chi connectivity index (χ1) is 7.01. The molecule has 0 bridgehead atoms. The average molecular weight is 212 g/mol. The molecule has 2 heterocycles. The van der Waals surface area contributed by atoms with Crippen LogP contribution in [0.4, 0.5) is 0 Å². The maximum Gasteiger partial charge on any atom is 0.304 e. The number of likely N-dealkylation sites (tertiary alicyclic amines) is 2. The fourth-order valence-corrected chi connectivity index (χ4v) is 2.69. The molecule has 2 aliphatic heterocycles.